The lowest BCUT2D eigenvalue weighted by Gasteiger charge is -2.18. The van der Waals surface area contributed by atoms with Gasteiger partial charge in [-0.05, 0) is 41.3 Å². The fraction of sp³-hybridized carbons (Fsp3) is 0.0833. The van der Waals surface area contributed by atoms with Gasteiger partial charge >= 0.3 is 0 Å². The molecule has 0 bridgehead atoms. The zero-order valence-electron chi connectivity index (χ0n) is 15.0. The molecule has 27 heavy (non-hydrogen) atoms. The molecular formula is C24H19NO2. The zero-order chi connectivity index (χ0) is 18.6. The highest BCUT2D eigenvalue weighted by Gasteiger charge is 2.26. The van der Waals surface area contributed by atoms with Crippen LogP contribution in [0.3, 0.4) is 0 Å². The van der Waals surface area contributed by atoms with Gasteiger partial charge in [0, 0.05) is 17.1 Å². The minimum absolute atomic E-state index is 0.0210. The number of ether oxygens (including phenoxy) is 1. The van der Waals surface area contributed by atoms with Crippen LogP contribution in [0.15, 0.2) is 91.1 Å². The number of Topliss-reactive ketones (excluding diaryl/α,β-unsaturated/α-hetero) is 1. The van der Waals surface area contributed by atoms with Crippen molar-refractivity contribution in [3.63, 3.8) is 0 Å². The number of rotatable bonds is 5. The Hall–Kier alpha value is -3.46. The number of nitrogens with zero attached hydrogens (tertiary/aromatic N) is 1. The Morgan fingerprint density at radius 1 is 0.852 bits per heavy atom. The summed E-state index contributed by atoms with van der Waals surface area (Å²) in [7, 11) is 1.61. The normalized spacial score (nSPS) is 11.9. The van der Waals surface area contributed by atoms with Gasteiger partial charge in [0.2, 0.25) is 0 Å². The van der Waals surface area contributed by atoms with Crippen molar-refractivity contribution in [2.24, 2.45) is 0 Å². The monoisotopic (exact) mass is 353 g/mol. The Balaban J connectivity index is 1.88. The quantitative estimate of drug-likeness (QED) is 0.460. The molecule has 3 nitrogen and oxygen atoms in total. The Morgan fingerprint density at radius 2 is 1.56 bits per heavy atom. The molecule has 0 aliphatic heterocycles. The van der Waals surface area contributed by atoms with E-state index in [2.05, 4.69) is 4.98 Å². The summed E-state index contributed by atoms with van der Waals surface area (Å²) >= 11 is 0. The number of hydrogen-bond donors (Lipinski definition) is 0. The van der Waals surface area contributed by atoms with Crippen molar-refractivity contribution in [2.45, 2.75) is 5.92 Å². The average molecular weight is 353 g/mol. The Labute approximate surface area is 158 Å². The van der Waals surface area contributed by atoms with Crippen molar-refractivity contribution in [3.8, 4) is 5.75 Å². The van der Waals surface area contributed by atoms with Gasteiger partial charge in [0.15, 0.2) is 5.78 Å². The lowest BCUT2D eigenvalue weighted by Crippen LogP contribution is -2.16. The van der Waals surface area contributed by atoms with Gasteiger partial charge < -0.3 is 4.74 Å². The molecule has 1 unspecified atom stereocenters. The molecule has 132 valence electrons. The lowest BCUT2D eigenvalue weighted by atomic mass is 9.85. The van der Waals surface area contributed by atoms with Gasteiger partial charge in [0.05, 0.1) is 18.7 Å². The third kappa shape index (κ3) is 3.32. The van der Waals surface area contributed by atoms with Gasteiger partial charge in [-0.2, -0.15) is 0 Å². The minimum Gasteiger partial charge on any atom is -0.497 e. The van der Waals surface area contributed by atoms with Crippen LogP contribution in [0.25, 0.3) is 10.8 Å². The number of carbonyl (C=O) groups is 1. The van der Waals surface area contributed by atoms with E-state index in [-0.39, 0.29) is 5.78 Å². The van der Waals surface area contributed by atoms with Crippen LogP contribution in [-0.4, -0.2) is 17.9 Å². The highest BCUT2D eigenvalue weighted by Crippen LogP contribution is 2.32. The molecule has 0 amide bonds. The maximum Gasteiger partial charge on any atom is 0.176 e. The third-order valence-corrected chi connectivity index (χ3v) is 4.75. The fourth-order valence-electron chi connectivity index (χ4n) is 3.37. The summed E-state index contributed by atoms with van der Waals surface area (Å²) < 4.78 is 5.21. The molecule has 0 saturated carbocycles. The smallest absolute Gasteiger partial charge is 0.176 e. The van der Waals surface area contributed by atoms with Gasteiger partial charge in [-0.15, -0.1) is 0 Å². The number of methoxy groups -OCH3 is 1. The molecule has 3 aromatic carbocycles. The number of pyridine rings is 1. The van der Waals surface area contributed by atoms with Crippen molar-refractivity contribution in [3.05, 3.63) is 108 Å². The number of aromatic nitrogens is 1. The molecular weight excluding hydrogens is 334 g/mol. The van der Waals surface area contributed by atoms with Crippen LogP contribution < -0.4 is 4.74 Å². The summed E-state index contributed by atoms with van der Waals surface area (Å²) in [4.78, 5) is 18.1. The van der Waals surface area contributed by atoms with Crippen LogP contribution >= 0.6 is 0 Å². The molecule has 1 aromatic heterocycles. The van der Waals surface area contributed by atoms with Gasteiger partial charge in [-0.3, -0.25) is 9.78 Å². The van der Waals surface area contributed by atoms with E-state index in [1.807, 2.05) is 84.9 Å². The molecule has 0 N–H and O–H groups in total. The highest BCUT2D eigenvalue weighted by atomic mass is 16.5. The molecule has 0 fully saturated rings. The molecule has 4 rings (SSSR count). The largest absolute Gasteiger partial charge is 0.497 e. The number of carbonyl (C=O) groups excluding carboxylic acids is 1. The van der Waals surface area contributed by atoms with Gasteiger partial charge in [-0.25, -0.2) is 0 Å². The molecule has 0 aliphatic rings. The highest BCUT2D eigenvalue weighted by molar-refractivity contribution is 6.05. The van der Waals surface area contributed by atoms with E-state index in [1.54, 1.807) is 13.3 Å². The van der Waals surface area contributed by atoms with E-state index in [9.17, 15) is 4.79 Å². The predicted molar refractivity (Wildman–Crippen MR) is 107 cm³/mol. The molecule has 3 heteroatoms. The van der Waals surface area contributed by atoms with Crippen molar-refractivity contribution in [2.75, 3.05) is 7.11 Å². The van der Waals surface area contributed by atoms with E-state index in [1.165, 1.54) is 0 Å². The summed E-state index contributed by atoms with van der Waals surface area (Å²) in [5.74, 6) is 0.282. The number of fused-ring (bicyclic) bond motifs is 1. The fourth-order valence-corrected chi connectivity index (χ4v) is 3.37. The topological polar surface area (TPSA) is 39.2 Å². The molecule has 1 atom stereocenters. The Morgan fingerprint density at radius 3 is 2.30 bits per heavy atom. The summed E-state index contributed by atoms with van der Waals surface area (Å²) in [5.41, 5.74) is 2.35. The first-order valence-electron chi connectivity index (χ1n) is 8.85. The van der Waals surface area contributed by atoms with Gasteiger partial charge in [-0.1, -0.05) is 54.6 Å². The van der Waals surface area contributed by atoms with Crippen LogP contribution in [0.5, 0.6) is 5.75 Å². The van der Waals surface area contributed by atoms with Crippen molar-refractivity contribution in [1.29, 1.82) is 0 Å². The summed E-state index contributed by atoms with van der Waals surface area (Å²) in [6, 6.07) is 27.1. The number of ketones is 1. The number of benzene rings is 3. The van der Waals surface area contributed by atoms with Crippen LogP contribution in [-0.2, 0) is 0 Å². The van der Waals surface area contributed by atoms with Crippen LogP contribution in [0.4, 0.5) is 0 Å². The van der Waals surface area contributed by atoms with Gasteiger partial charge in [0.1, 0.15) is 5.75 Å². The summed E-state index contributed by atoms with van der Waals surface area (Å²) in [6.45, 7) is 0. The van der Waals surface area contributed by atoms with Crippen molar-refractivity contribution < 1.29 is 9.53 Å². The third-order valence-electron chi connectivity index (χ3n) is 4.75. The lowest BCUT2D eigenvalue weighted by molar-refractivity contribution is 0.0973. The van der Waals surface area contributed by atoms with E-state index in [4.69, 9.17) is 4.74 Å². The SMILES string of the molecule is COc1ccc(C(=O)C(c2ccccc2)c2nccc3ccccc23)cc1. The van der Waals surface area contributed by atoms with E-state index < -0.39 is 5.92 Å². The average Bonchev–Trinajstić information content (AvgIpc) is 2.75. The minimum atomic E-state index is -0.467. The first kappa shape index (κ1) is 17.0. The van der Waals surface area contributed by atoms with Crippen molar-refractivity contribution >= 4 is 16.6 Å². The van der Waals surface area contributed by atoms with Gasteiger partial charge in [0.25, 0.3) is 0 Å². The van der Waals surface area contributed by atoms with E-state index in [0.717, 1.165) is 27.8 Å². The molecule has 0 radical (unpaired) electrons. The second kappa shape index (κ2) is 7.42. The Kier molecular flexibility index (Phi) is 4.67. The second-order valence-electron chi connectivity index (χ2n) is 6.35. The van der Waals surface area contributed by atoms with Crippen LogP contribution in [0.1, 0.15) is 27.5 Å². The molecule has 1 heterocycles. The maximum absolute atomic E-state index is 13.5. The zero-order valence-corrected chi connectivity index (χ0v) is 15.0. The first-order chi connectivity index (χ1) is 13.3. The predicted octanol–water partition coefficient (Wildman–Crippen LogP) is 5.26. The first-order valence-corrected chi connectivity index (χ1v) is 8.85. The second-order valence-corrected chi connectivity index (χ2v) is 6.35. The molecule has 0 aliphatic carbocycles. The standard InChI is InChI=1S/C24H19NO2/c1-27-20-13-11-19(12-14-20)24(26)22(18-8-3-2-4-9-18)23-21-10-6-5-7-17(21)15-16-25-23/h2-16,22H,1H3. The van der Waals surface area contributed by atoms with Crippen LogP contribution in [0.2, 0.25) is 0 Å². The summed E-state index contributed by atoms with van der Waals surface area (Å²) in [6.07, 6.45) is 1.77. The maximum atomic E-state index is 13.5. The molecule has 4 aromatic rings. The molecule has 0 saturated heterocycles. The van der Waals surface area contributed by atoms with Crippen LogP contribution in [0, 0.1) is 0 Å². The summed E-state index contributed by atoms with van der Waals surface area (Å²) in [5, 5.41) is 2.07. The van der Waals surface area contributed by atoms with Crippen molar-refractivity contribution in [1.82, 2.24) is 4.98 Å². The van der Waals surface area contributed by atoms with E-state index in [0.29, 0.717) is 5.56 Å². The number of hydrogen-bond acceptors (Lipinski definition) is 3. The molecule has 0 spiro atoms. The Bertz CT molecular complexity index is 1070. The van der Waals surface area contributed by atoms with E-state index >= 15 is 0 Å².